The summed E-state index contributed by atoms with van der Waals surface area (Å²) in [6.07, 6.45) is 2.10. The van der Waals surface area contributed by atoms with Gasteiger partial charge in [0.15, 0.2) is 0 Å². The van der Waals surface area contributed by atoms with E-state index in [-0.39, 0.29) is 12.8 Å². The smallest absolute Gasteiger partial charge is 0.307 e. The molecule has 2 atom stereocenters. The molecule has 112 valence electrons. The first-order valence-corrected chi connectivity index (χ1v) is 7.35. The zero-order valence-corrected chi connectivity index (χ0v) is 13.0. The number of carbonyl (C=O) groups is 2. The standard InChI is InChI=1S/C14H12Cl3NO3/c15-7-1-3-9(14(20)21)10(5-7)13(19)18-8-2-4-11(16)12(17)6-8/h1-2,4,6,9-10H,3,5H2,(H,18,19)(H,20,21). The number of hydrogen-bond acceptors (Lipinski definition) is 2. The summed E-state index contributed by atoms with van der Waals surface area (Å²) >= 11 is 17.6. The average Bonchev–Trinajstić information content (AvgIpc) is 2.42. The van der Waals surface area contributed by atoms with Crippen LogP contribution in [0.5, 0.6) is 0 Å². The van der Waals surface area contributed by atoms with Gasteiger partial charge in [-0.25, -0.2) is 0 Å². The van der Waals surface area contributed by atoms with Gasteiger partial charge in [-0.1, -0.05) is 40.9 Å². The Balaban J connectivity index is 2.16. The SMILES string of the molecule is O=C(O)C1CC=C(Cl)CC1C(=O)Nc1ccc(Cl)c(Cl)c1. The molecule has 1 aliphatic carbocycles. The molecule has 0 aliphatic heterocycles. The van der Waals surface area contributed by atoms with Crippen LogP contribution in [0.3, 0.4) is 0 Å². The highest BCUT2D eigenvalue weighted by molar-refractivity contribution is 6.42. The third-order valence-corrected chi connectivity index (χ3v) is 4.38. The molecule has 0 aromatic heterocycles. The van der Waals surface area contributed by atoms with Gasteiger partial charge in [0.25, 0.3) is 0 Å². The van der Waals surface area contributed by atoms with Crippen molar-refractivity contribution < 1.29 is 14.7 Å². The first-order chi connectivity index (χ1) is 9.88. The summed E-state index contributed by atoms with van der Waals surface area (Å²) < 4.78 is 0. The van der Waals surface area contributed by atoms with Crippen LogP contribution in [0, 0.1) is 11.8 Å². The van der Waals surface area contributed by atoms with Crippen LogP contribution in [-0.2, 0) is 9.59 Å². The van der Waals surface area contributed by atoms with E-state index in [1.54, 1.807) is 18.2 Å². The summed E-state index contributed by atoms with van der Waals surface area (Å²) in [7, 11) is 0. The van der Waals surface area contributed by atoms with Gasteiger partial charge in [-0.3, -0.25) is 9.59 Å². The molecule has 21 heavy (non-hydrogen) atoms. The van der Waals surface area contributed by atoms with Crippen molar-refractivity contribution in [1.29, 1.82) is 0 Å². The lowest BCUT2D eigenvalue weighted by Crippen LogP contribution is -2.35. The van der Waals surface area contributed by atoms with Crippen molar-refractivity contribution in [2.75, 3.05) is 5.32 Å². The number of halogens is 3. The van der Waals surface area contributed by atoms with Crippen LogP contribution in [0.4, 0.5) is 5.69 Å². The fourth-order valence-electron chi connectivity index (χ4n) is 2.21. The van der Waals surface area contributed by atoms with Crippen LogP contribution in [0.1, 0.15) is 12.8 Å². The summed E-state index contributed by atoms with van der Waals surface area (Å²) in [6, 6.07) is 4.67. The lowest BCUT2D eigenvalue weighted by atomic mass is 9.82. The molecule has 2 unspecified atom stereocenters. The second kappa shape index (κ2) is 6.69. The number of nitrogens with one attached hydrogen (secondary N) is 1. The van der Waals surface area contributed by atoms with Crippen LogP contribution in [0.2, 0.25) is 10.0 Å². The van der Waals surface area contributed by atoms with E-state index in [0.29, 0.717) is 20.8 Å². The molecular weight excluding hydrogens is 337 g/mol. The summed E-state index contributed by atoms with van der Waals surface area (Å²) in [6.45, 7) is 0. The first kappa shape index (κ1) is 16.1. The molecule has 1 aliphatic rings. The highest BCUT2D eigenvalue weighted by Crippen LogP contribution is 2.33. The Bertz CT molecular complexity index is 615. The molecule has 7 heteroatoms. The molecule has 0 radical (unpaired) electrons. The van der Waals surface area contributed by atoms with Gasteiger partial charge < -0.3 is 10.4 Å². The fourth-order valence-corrected chi connectivity index (χ4v) is 2.77. The predicted molar refractivity (Wildman–Crippen MR) is 82.9 cm³/mol. The normalized spacial score (nSPS) is 21.6. The molecule has 2 rings (SSSR count). The Labute approximate surface area is 136 Å². The fraction of sp³-hybridized carbons (Fsp3) is 0.286. The zero-order chi connectivity index (χ0) is 15.6. The highest BCUT2D eigenvalue weighted by Gasteiger charge is 2.36. The van der Waals surface area contributed by atoms with Gasteiger partial charge in [0.2, 0.25) is 5.91 Å². The number of rotatable bonds is 3. The molecule has 0 heterocycles. The Morgan fingerprint density at radius 1 is 1.14 bits per heavy atom. The minimum atomic E-state index is -1.01. The van der Waals surface area contributed by atoms with Gasteiger partial charge in [-0.2, -0.15) is 0 Å². The van der Waals surface area contributed by atoms with Crippen LogP contribution in [0.15, 0.2) is 29.3 Å². The number of aliphatic carboxylic acids is 1. The quantitative estimate of drug-likeness (QED) is 0.861. The van der Waals surface area contributed by atoms with Gasteiger partial charge in [-0.05, 0) is 31.0 Å². The summed E-state index contributed by atoms with van der Waals surface area (Å²) in [4.78, 5) is 23.5. The third kappa shape index (κ3) is 3.90. The molecule has 0 saturated carbocycles. The van der Waals surface area contributed by atoms with Crippen LogP contribution in [0.25, 0.3) is 0 Å². The molecule has 1 aromatic carbocycles. The number of hydrogen-bond donors (Lipinski definition) is 2. The number of carboxylic acids is 1. The second-order valence-corrected chi connectivity index (χ2v) is 6.06. The van der Waals surface area contributed by atoms with Crippen molar-refractivity contribution in [3.63, 3.8) is 0 Å². The van der Waals surface area contributed by atoms with E-state index in [1.807, 2.05) is 0 Å². The highest BCUT2D eigenvalue weighted by atomic mass is 35.5. The summed E-state index contributed by atoms with van der Waals surface area (Å²) in [5, 5.41) is 13.0. The number of benzene rings is 1. The van der Waals surface area contributed by atoms with Gasteiger partial charge in [0, 0.05) is 10.7 Å². The Hall–Kier alpha value is -1.23. The second-order valence-electron chi connectivity index (χ2n) is 4.76. The van der Waals surface area contributed by atoms with Gasteiger partial charge in [-0.15, -0.1) is 0 Å². The molecular formula is C14H12Cl3NO3. The molecule has 1 amide bonds. The van der Waals surface area contributed by atoms with E-state index >= 15 is 0 Å². The van der Waals surface area contributed by atoms with Crippen molar-refractivity contribution in [1.82, 2.24) is 0 Å². The van der Waals surface area contributed by atoms with Gasteiger partial charge in [0.1, 0.15) is 0 Å². The molecule has 0 fully saturated rings. The molecule has 0 saturated heterocycles. The van der Waals surface area contributed by atoms with E-state index in [2.05, 4.69) is 5.32 Å². The third-order valence-electron chi connectivity index (χ3n) is 3.33. The maximum atomic E-state index is 12.3. The maximum Gasteiger partial charge on any atom is 0.307 e. The van der Waals surface area contributed by atoms with Gasteiger partial charge >= 0.3 is 5.97 Å². The Morgan fingerprint density at radius 2 is 1.86 bits per heavy atom. The predicted octanol–water partition coefficient (Wildman–Crippen LogP) is 4.17. The van der Waals surface area contributed by atoms with E-state index < -0.39 is 23.7 Å². The topological polar surface area (TPSA) is 66.4 Å². The van der Waals surface area contributed by atoms with Gasteiger partial charge in [0.05, 0.1) is 21.9 Å². The van der Waals surface area contributed by atoms with E-state index in [0.717, 1.165) is 0 Å². The number of carbonyl (C=O) groups excluding carboxylic acids is 1. The number of allylic oxidation sites excluding steroid dienone is 2. The lowest BCUT2D eigenvalue weighted by molar-refractivity contribution is -0.146. The Morgan fingerprint density at radius 3 is 2.48 bits per heavy atom. The van der Waals surface area contributed by atoms with Crippen molar-refractivity contribution >= 4 is 52.4 Å². The Kier molecular flexibility index (Phi) is 5.14. The maximum absolute atomic E-state index is 12.3. The minimum absolute atomic E-state index is 0.214. The molecule has 0 spiro atoms. The van der Waals surface area contributed by atoms with Crippen molar-refractivity contribution in [3.8, 4) is 0 Å². The van der Waals surface area contributed by atoms with Crippen molar-refractivity contribution in [3.05, 3.63) is 39.4 Å². The monoisotopic (exact) mass is 347 g/mol. The van der Waals surface area contributed by atoms with Crippen molar-refractivity contribution in [2.24, 2.45) is 11.8 Å². The average molecular weight is 349 g/mol. The first-order valence-electron chi connectivity index (χ1n) is 6.21. The molecule has 2 N–H and O–H groups in total. The summed E-state index contributed by atoms with van der Waals surface area (Å²) in [5.74, 6) is -2.90. The number of carboxylic acid groups (broad SMARTS) is 1. The number of anilines is 1. The van der Waals surface area contributed by atoms with Crippen LogP contribution in [-0.4, -0.2) is 17.0 Å². The molecule has 1 aromatic rings. The van der Waals surface area contributed by atoms with Crippen LogP contribution >= 0.6 is 34.8 Å². The molecule has 4 nitrogen and oxygen atoms in total. The minimum Gasteiger partial charge on any atom is -0.481 e. The van der Waals surface area contributed by atoms with E-state index in [1.165, 1.54) is 6.07 Å². The van der Waals surface area contributed by atoms with Crippen LogP contribution < -0.4 is 5.32 Å². The van der Waals surface area contributed by atoms with E-state index in [4.69, 9.17) is 34.8 Å². The summed E-state index contributed by atoms with van der Waals surface area (Å²) in [5.41, 5.74) is 0.462. The molecule has 0 bridgehead atoms. The largest absolute Gasteiger partial charge is 0.481 e. The van der Waals surface area contributed by atoms with Crippen molar-refractivity contribution in [2.45, 2.75) is 12.8 Å². The number of amides is 1. The van der Waals surface area contributed by atoms with E-state index in [9.17, 15) is 14.7 Å². The lowest BCUT2D eigenvalue weighted by Gasteiger charge is -2.25. The zero-order valence-electron chi connectivity index (χ0n) is 10.8.